The molecule has 158 valence electrons. The van der Waals surface area contributed by atoms with Crippen LogP contribution in [0.2, 0.25) is 0 Å². The van der Waals surface area contributed by atoms with Crippen molar-refractivity contribution in [3.63, 3.8) is 0 Å². The number of hydrogen-bond acceptors (Lipinski definition) is 9. The first-order valence-electron chi connectivity index (χ1n) is 10.0. The van der Waals surface area contributed by atoms with Crippen molar-refractivity contribution in [3.05, 3.63) is 12.7 Å². The Hall–Kier alpha value is -2.30. The van der Waals surface area contributed by atoms with E-state index in [9.17, 15) is 15.0 Å². The molecule has 5 atom stereocenters. The Morgan fingerprint density at radius 2 is 1.97 bits per heavy atom. The third-order valence-corrected chi connectivity index (χ3v) is 5.85. The van der Waals surface area contributed by atoms with Gasteiger partial charge in [0.15, 0.2) is 17.7 Å². The number of hydrogen-bond donors (Lipinski definition) is 3. The van der Waals surface area contributed by atoms with Crippen LogP contribution in [0.5, 0.6) is 0 Å². The standard InChI is InChI=1S/C19H27N5O5/c1-9(2)19(27)29-14(10-5-3-4-6-10)15-12(25)13(26)18(28-15)24-8-23-11-16(20)21-7-22-17(11)24/h7-10,12-15,18,25-26H,3-6H2,1-2H3,(H2,20,21,22)/t12-,13-,14?,15-,18+/m0/s1. The van der Waals surface area contributed by atoms with E-state index in [0.717, 1.165) is 25.7 Å². The number of nitrogens with zero attached hydrogens (tertiary/aromatic N) is 4. The molecule has 2 aliphatic rings. The molecule has 1 unspecified atom stereocenters. The number of nitrogens with two attached hydrogens (primary N) is 1. The third-order valence-electron chi connectivity index (χ3n) is 5.85. The molecule has 10 heteroatoms. The first-order chi connectivity index (χ1) is 13.9. The van der Waals surface area contributed by atoms with Gasteiger partial charge in [-0.1, -0.05) is 26.7 Å². The van der Waals surface area contributed by atoms with Crippen LogP contribution in [0.1, 0.15) is 45.8 Å². The molecule has 0 bridgehead atoms. The van der Waals surface area contributed by atoms with Gasteiger partial charge in [-0.2, -0.15) is 0 Å². The molecule has 2 aromatic heterocycles. The minimum atomic E-state index is -1.24. The highest BCUT2D eigenvalue weighted by molar-refractivity contribution is 5.81. The van der Waals surface area contributed by atoms with Crippen molar-refractivity contribution < 1.29 is 24.5 Å². The molecule has 0 spiro atoms. The zero-order valence-electron chi connectivity index (χ0n) is 16.5. The van der Waals surface area contributed by atoms with E-state index in [2.05, 4.69) is 15.0 Å². The second kappa shape index (κ2) is 7.85. The summed E-state index contributed by atoms with van der Waals surface area (Å²) in [5.41, 5.74) is 6.62. The molecule has 0 amide bonds. The number of rotatable bonds is 5. The number of imidazole rings is 1. The fourth-order valence-corrected chi connectivity index (χ4v) is 4.23. The van der Waals surface area contributed by atoms with Gasteiger partial charge in [0.1, 0.15) is 36.3 Å². The largest absolute Gasteiger partial charge is 0.459 e. The normalized spacial score (nSPS) is 29.0. The third kappa shape index (κ3) is 3.56. The van der Waals surface area contributed by atoms with Gasteiger partial charge in [-0.25, -0.2) is 15.0 Å². The first-order valence-corrected chi connectivity index (χ1v) is 10.0. The van der Waals surface area contributed by atoms with Crippen LogP contribution in [-0.2, 0) is 14.3 Å². The molecule has 2 fully saturated rings. The van der Waals surface area contributed by atoms with E-state index in [0.29, 0.717) is 11.2 Å². The van der Waals surface area contributed by atoms with Crippen LogP contribution in [0.4, 0.5) is 5.82 Å². The van der Waals surface area contributed by atoms with Gasteiger partial charge in [0.2, 0.25) is 0 Å². The molecular weight excluding hydrogens is 378 g/mol. The number of carbonyl (C=O) groups is 1. The molecule has 1 aliphatic heterocycles. The summed E-state index contributed by atoms with van der Waals surface area (Å²) in [4.78, 5) is 24.6. The predicted molar refractivity (Wildman–Crippen MR) is 102 cm³/mol. The summed E-state index contributed by atoms with van der Waals surface area (Å²) in [5, 5.41) is 21.5. The number of aliphatic hydroxyl groups excluding tert-OH is 2. The van der Waals surface area contributed by atoms with Crippen molar-refractivity contribution in [2.45, 2.75) is 70.2 Å². The molecule has 4 N–H and O–H groups in total. The van der Waals surface area contributed by atoms with Gasteiger partial charge in [-0.05, 0) is 18.8 Å². The zero-order valence-corrected chi connectivity index (χ0v) is 16.5. The second-order valence-corrected chi connectivity index (χ2v) is 8.16. The SMILES string of the molecule is CC(C)C(=O)OC(C1CCCC1)[C@H]1O[C@@H](n2cnc3c(N)ncnc32)[C@@H](O)[C@@H]1O. The molecule has 29 heavy (non-hydrogen) atoms. The average Bonchev–Trinajstić information content (AvgIpc) is 3.42. The van der Waals surface area contributed by atoms with E-state index in [1.54, 1.807) is 13.8 Å². The van der Waals surface area contributed by atoms with Crippen molar-refractivity contribution >= 4 is 23.0 Å². The maximum Gasteiger partial charge on any atom is 0.308 e. The zero-order chi connectivity index (χ0) is 20.7. The maximum atomic E-state index is 12.3. The van der Waals surface area contributed by atoms with E-state index in [1.165, 1.54) is 17.2 Å². The Morgan fingerprint density at radius 3 is 2.66 bits per heavy atom. The molecule has 1 saturated heterocycles. The van der Waals surface area contributed by atoms with Crippen molar-refractivity contribution in [2.75, 3.05) is 5.73 Å². The molecular formula is C19H27N5O5. The molecule has 1 aliphatic carbocycles. The van der Waals surface area contributed by atoms with Gasteiger partial charge in [0.25, 0.3) is 0 Å². The summed E-state index contributed by atoms with van der Waals surface area (Å²) in [6.07, 6.45) is 1.74. The summed E-state index contributed by atoms with van der Waals surface area (Å²) in [5.74, 6) is -0.339. The van der Waals surface area contributed by atoms with Crippen molar-refractivity contribution in [1.29, 1.82) is 0 Å². The minimum absolute atomic E-state index is 0.0841. The predicted octanol–water partition coefficient (Wildman–Crippen LogP) is 0.786. The molecule has 2 aromatic rings. The van der Waals surface area contributed by atoms with Crippen molar-refractivity contribution in [2.24, 2.45) is 11.8 Å². The van der Waals surface area contributed by atoms with Crippen LogP contribution in [0, 0.1) is 11.8 Å². The highest BCUT2D eigenvalue weighted by Gasteiger charge is 2.51. The molecule has 4 rings (SSSR count). The second-order valence-electron chi connectivity index (χ2n) is 8.16. The number of aliphatic hydroxyl groups is 2. The van der Waals surface area contributed by atoms with E-state index in [1.807, 2.05) is 0 Å². The Kier molecular flexibility index (Phi) is 5.41. The smallest absolute Gasteiger partial charge is 0.308 e. The van der Waals surface area contributed by atoms with Gasteiger partial charge in [0, 0.05) is 0 Å². The van der Waals surface area contributed by atoms with Crippen LogP contribution in [0.25, 0.3) is 11.2 Å². The number of fused-ring (bicyclic) bond motifs is 1. The minimum Gasteiger partial charge on any atom is -0.459 e. The number of ether oxygens (including phenoxy) is 2. The Balaban J connectivity index is 1.63. The fraction of sp³-hybridized carbons (Fsp3) is 0.684. The van der Waals surface area contributed by atoms with Crippen molar-refractivity contribution in [3.8, 4) is 0 Å². The van der Waals surface area contributed by atoms with Crippen LogP contribution < -0.4 is 5.73 Å². The average molecular weight is 405 g/mol. The van der Waals surface area contributed by atoms with E-state index in [-0.39, 0.29) is 23.6 Å². The number of esters is 1. The topological polar surface area (TPSA) is 146 Å². The summed E-state index contributed by atoms with van der Waals surface area (Å²) in [6.45, 7) is 3.53. The number of anilines is 1. The summed E-state index contributed by atoms with van der Waals surface area (Å²) in [6, 6.07) is 0. The molecule has 0 aromatic carbocycles. The lowest BCUT2D eigenvalue weighted by molar-refractivity contribution is -0.171. The molecule has 10 nitrogen and oxygen atoms in total. The summed E-state index contributed by atoms with van der Waals surface area (Å²) in [7, 11) is 0. The number of nitrogen functional groups attached to an aromatic ring is 1. The van der Waals surface area contributed by atoms with Crippen LogP contribution in [0.15, 0.2) is 12.7 Å². The van der Waals surface area contributed by atoms with Gasteiger partial charge >= 0.3 is 5.97 Å². The lowest BCUT2D eigenvalue weighted by atomic mass is 9.92. The maximum absolute atomic E-state index is 12.3. The van der Waals surface area contributed by atoms with Crippen molar-refractivity contribution in [1.82, 2.24) is 19.5 Å². The monoisotopic (exact) mass is 405 g/mol. The van der Waals surface area contributed by atoms with Crippen LogP contribution in [-0.4, -0.2) is 60.1 Å². The summed E-state index contributed by atoms with van der Waals surface area (Å²) >= 11 is 0. The highest BCUT2D eigenvalue weighted by atomic mass is 16.6. The Bertz CT molecular complexity index is 881. The quantitative estimate of drug-likeness (QED) is 0.614. The Labute approximate surface area is 168 Å². The lowest BCUT2D eigenvalue weighted by Gasteiger charge is -2.30. The highest BCUT2D eigenvalue weighted by Crippen LogP contribution is 2.39. The summed E-state index contributed by atoms with van der Waals surface area (Å²) < 4.78 is 13.4. The van der Waals surface area contributed by atoms with Gasteiger partial charge in [-0.3, -0.25) is 9.36 Å². The molecule has 1 saturated carbocycles. The van der Waals surface area contributed by atoms with E-state index in [4.69, 9.17) is 15.2 Å². The fourth-order valence-electron chi connectivity index (χ4n) is 4.23. The Morgan fingerprint density at radius 1 is 1.24 bits per heavy atom. The van der Waals surface area contributed by atoms with Crippen LogP contribution in [0.3, 0.4) is 0 Å². The first kappa shape index (κ1) is 20.0. The van der Waals surface area contributed by atoms with E-state index < -0.39 is 30.6 Å². The van der Waals surface area contributed by atoms with Crippen LogP contribution >= 0.6 is 0 Å². The van der Waals surface area contributed by atoms with Gasteiger partial charge in [0.05, 0.1) is 12.2 Å². The van der Waals surface area contributed by atoms with E-state index >= 15 is 0 Å². The molecule has 0 radical (unpaired) electrons. The van der Waals surface area contributed by atoms with Gasteiger partial charge in [-0.15, -0.1) is 0 Å². The molecule has 3 heterocycles. The lowest BCUT2D eigenvalue weighted by Crippen LogP contribution is -2.45. The number of aromatic nitrogens is 4. The van der Waals surface area contributed by atoms with Gasteiger partial charge < -0.3 is 25.4 Å². The number of carbonyl (C=O) groups excluding carboxylic acids is 1.